The van der Waals surface area contributed by atoms with Crippen LogP contribution in [0.15, 0.2) is 30.3 Å². The Morgan fingerprint density at radius 2 is 2.00 bits per heavy atom. The van der Waals surface area contributed by atoms with Gasteiger partial charge < -0.3 is 5.11 Å². The zero-order valence-corrected chi connectivity index (χ0v) is 10.1. The van der Waals surface area contributed by atoms with Gasteiger partial charge in [-0.15, -0.1) is 4.28 Å². The molecule has 0 aliphatic heterocycles. The smallest absolute Gasteiger partial charge is 0.418 e. The quantitative estimate of drug-likeness (QED) is 0.562. The first-order valence-corrected chi connectivity index (χ1v) is 6.28. The van der Waals surface area contributed by atoms with Crippen LogP contribution in [0.5, 0.6) is 0 Å². The molecule has 0 saturated carbocycles. The number of carboxylic acid groups (broad SMARTS) is 1. The summed E-state index contributed by atoms with van der Waals surface area (Å²) < 4.78 is 33.2. The van der Waals surface area contributed by atoms with Gasteiger partial charge in [-0.1, -0.05) is 18.2 Å². The summed E-state index contributed by atoms with van der Waals surface area (Å²) in [5, 5.41) is 9.57. The average molecular weight is 284 g/mol. The number of pyridine rings is 1. The number of hydrogen-bond acceptors (Lipinski definition) is 6. The molecular weight excluding hydrogens is 276 g/mol. The monoisotopic (exact) mass is 284 g/mol. The van der Waals surface area contributed by atoms with E-state index in [0.29, 0.717) is 10.9 Å². The Labute approximate surface area is 107 Å². The van der Waals surface area contributed by atoms with Gasteiger partial charge in [-0.3, -0.25) is 4.55 Å². The minimum Gasteiger partial charge on any atom is -0.478 e. The largest absolute Gasteiger partial charge is 0.478 e. The van der Waals surface area contributed by atoms with E-state index in [2.05, 4.69) is 9.27 Å². The number of fused-ring (bicyclic) bond motifs is 1. The predicted molar refractivity (Wildman–Crippen MR) is 65.0 cm³/mol. The third kappa shape index (κ3) is 3.16. The van der Waals surface area contributed by atoms with Crippen molar-refractivity contribution in [1.82, 2.24) is 4.98 Å². The maximum Gasteiger partial charge on any atom is 0.418 e. The molecule has 0 aliphatic rings. The van der Waals surface area contributed by atoms with E-state index in [0.717, 1.165) is 0 Å². The molecule has 19 heavy (non-hydrogen) atoms. The second kappa shape index (κ2) is 4.80. The van der Waals surface area contributed by atoms with Crippen molar-refractivity contribution in [2.24, 2.45) is 0 Å². The van der Waals surface area contributed by atoms with Crippen LogP contribution in [0.1, 0.15) is 10.4 Å². The highest BCUT2D eigenvalue weighted by atomic mass is 32.3. The number of rotatable bonds is 4. The zero-order valence-electron chi connectivity index (χ0n) is 9.27. The number of nitrogens with zero attached hydrogens (tertiary/aromatic N) is 1. The van der Waals surface area contributed by atoms with E-state index in [1.165, 1.54) is 6.07 Å². The highest BCUT2D eigenvalue weighted by Gasteiger charge is 2.15. The van der Waals surface area contributed by atoms with Crippen molar-refractivity contribution in [3.8, 4) is 0 Å². The van der Waals surface area contributed by atoms with Crippen LogP contribution in [0.2, 0.25) is 0 Å². The average Bonchev–Trinajstić information content (AvgIpc) is 2.34. The van der Waals surface area contributed by atoms with Crippen LogP contribution in [0, 0.1) is 0 Å². The van der Waals surface area contributed by atoms with E-state index >= 15 is 0 Å². The van der Waals surface area contributed by atoms with Crippen molar-refractivity contribution in [2.45, 2.75) is 0 Å². The minimum absolute atomic E-state index is 0.289. The molecule has 3 N–H and O–H groups in total. The maximum absolute atomic E-state index is 11.0. The normalized spacial score (nSPS) is 11.4. The van der Waals surface area contributed by atoms with Gasteiger partial charge in [0.1, 0.15) is 5.56 Å². The third-order valence-electron chi connectivity index (χ3n) is 2.20. The number of benzene rings is 1. The summed E-state index contributed by atoms with van der Waals surface area (Å²) in [4.78, 5) is 14.9. The van der Waals surface area contributed by atoms with Crippen LogP contribution < -0.4 is 5.48 Å². The Balaban J connectivity index is 2.50. The van der Waals surface area contributed by atoms with E-state index in [4.69, 9.17) is 9.66 Å². The molecule has 2 rings (SSSR count). The van der Waals surface area contributed by atoms with E-state index in [-0.39, 0.29) is 11.4 Å². The van der Waals surface area contributed by atoms with Crippen molar-refractivity contribution >= 4 is 33.1 Å². The van der Waals surface area contributed by atoms with E-state index in [1.54, 1.807) is 29.7 Å². The Morgan fingerprint density at radius 1 is 1.32 bits per heavy atom. The van der Waals surface area contributed by atoms with E-state index in [1.807, 2.05) is 0 Å². The van der Waals surface area contributed by atoms with Crippen molar-refractivity contribution in [3.63, 3.8) is 0 Å². The second-order valence-corrected chi connectivity index (χ2v) is 4.52. The zero-order chi connectivity index (χ0) is 14.0. The number of aromatic nitrogens is 1. The van der Waals surface area contributed by atoms with Crippen LogP contribution in [-0.2, 0) is 14.7 Å². The standard InChI is InChI=1S/C10H8N2O6S/c13-10(14)7-5-6-3-1-2-4-8(6)11-9(7)12-18-19(15,16)17/h1-5H,(H,11,12)(H,13,14)(H,15,16,17). The Morgan fingerprint density at radius 3 is 2.63 bits per heavy atom. The van der Waals surface area contributed by atoms with Gasteiger partial charge in [0.05, 0.1) is 5.52 Å². The van der Waals surface area contributed by atoms with Crippen LogP contribution in [-0.4, -0.2) is 29.0 Å². The van der Waals surface area contributed by atoms with Crippen LogP contribution in [0.4, 0.5) is 5.82 Å². The topological polar surface area (TPSA) is 126 Å². The summed E-state index contributed by atoms with van der Waals surface area (Å²) in [5.74, 6) is -1.65. The van der Waals surface area contributed by atoms with Gasteiger partial charge in [-0.25, -0.2) is 15.3 Å². The predicted octanol–water partition coefficient (Wildman–Crippen LogP) is 1.08. The molecule has 0 atom stereocenters. The molecule has 100 valence electrons. The third-order valence-corrected chi connectivity index (χ3v) is 2.49. The fourth-order valence-corrected chi connectivity index (χ4v) is 1.63. The molecule has 1 aromatic carbocycles. The lowest BCUT2D eigenvalue weighted by Gasteiger charge is -2.08. The maximum atomic E-state index is 11.0. The second-order valence-electron chi connectivity index (χ2n) is 3.50. The Hall–Kier alpha value is -2.23. The van der Waals surface area contributed by atoms with Gasteiger partial charge in [0, 0.05) is 5.39 Å². The number of aromatic carboxylic acids is 1. The summed E-state index contributed by atoms with van der Waals surface area (Å²) in [5.41, 5.74) is 1.95. The van der Waals surface area contributed by atoms with E-state index in [9.17, 15) is 13.2 Å². The molecule has 0 spiro atoms. The molecule has 9 heteroatoms. The molecule has 0 unspecified atom stereocenters. The summed E-state index contributed by atoms with van der Waals surface area (Å²) in [6.45, 7) is 0. The molecule has 1 aromatic heterocycles. The highest BCUT2D eigenvalue weighted by Crippen LogP contribution is 2.20. The van der Waals surface area contributed by atoms with Gasteiger partial charge in [0.25, 0.3) is 0 Å². The number of anilines is 1. The minimum atomic E-state index is -4.76. The van der Waals surface area contributed by atoms with Crippen molar-refractivity contribution in [1.29, 1.82) is 0 Å². The summed E-state index contributed by atoms with van der Waals surface area (Å²) in [7, 11) is -4.76. The van der Waals surface area contributed by atoms with Gasteiger partial charge in [-0.2, -0.15) is 8.42 Å². The fourth-order valence-electron chi connectivity index (χ4n) is 1.45. The SMILES string of the molecule is O=C(O)c1cc2ccccc2nc1NOS(=O)(=O)O. The first kappa shape index (κ1) is 13.2. The molecule has 0 fully saturated rings. The first-order chi connectivity index (χ1) is 8.87. The van der Waals surface area contributed by atoms with Crippen LogP contribution in [0.3, 0.4) is 0 Å². The molecule has 2 aromatic rings. The summed E-state index contributed by atoms with van der Waals surface area (Å²) >= 11 is 0. The summed E-state index contributed by atoms with van der Waals surface area (Å²) in [6, 6.07) is 7.96. The van der Waals surface area contributed by atoms with Gasteiger partial charge in [0.15, 0.2) is 5.82 Å². The van der Waals surface area contributed by atoms with Crippen molar-refractivity contribution in [2.75, 3.05) is 5.48 Å². The first-order valence-electron chi connectivity index (χ1n) is 4.92. The number of carbonyl (C=O) groups is 1. The Bertz CT molecular complexity index is 743. The van der Waals surface area contributed by atoms with Gasteiger partial charge in [-0.05, 0) is 12.1 Å². The molecule has 0 saturated heterocycles. The van der Waals surface area contributed by atoms with E-state index < -0.39 is 16.4 Å². The molecular formula is C10H8N2O6S. The van der Waals surface area contributed by atoms with Crippen molar-refractivity contribution < 1.29 is 27.2 Å². The number of para-hydroxylation sites is 1. The number of carboxylic acids is 1. The number of nitrogens with one attached hydrogen (secondary N) is 1. The van der Waals surface area contributed by atoms with Crippen LogP contribution in [0.25, 0.3) is 10.9 Å². The van der Waals surface area contributed by atoms with Gasteiger partial charge in [0.2, 0.25) is 0 Å². The van der Waals surface area contributed by atoms with Gasteiger partial charge >= 0.3 is 16.4 Å². The highest BCUT2D eigenvalue weighted by molar-refractivity contribution is 7.80. The molecule has 1 heterocycles. The summed E-state index contributed by atoms with van der Waals surface area (Å²) in [6.07, 6.45) is 0. The lowest BCUT2D eigenvalue weighted by atomic mass is 10.1. The van der Waals surface area contributed by atoms with Crippen molar-refractivity contribution in [3.05, 3.63) is 35.9 Å². The molecule has 0 amide bonds. The molecule has 0 aliphatic carbocycles. The lowest BCUT2D eigenvalue weighted by molar-refractivity contribution is 0.0697. The fraction of sp³-hybridized carbons (Fsp3) is 0. The molecule has 0 radical (unpaired) electrons. The Kier molecular flexibility index (Phi) is 3.34. The van der Waals surface area contributed by atoms with Crippen LogP contribution >= 0.6 is 0 Å². The molecule has 0 bridgehead atoms. The molecule has 8 nitrogen and oxygen atoms in total. The number of hydrogen-bond donors (Lipinski definition) is 3. The lowest BCUT2D eigenvalue weighted by Crippen LogP contribution is -2.14.